The van der Waals surface area contributed by atoms with Crippen molar-refractivity contribution in [3.8, 4) is 0 Å². The van der Waals surface area contributed by atoms with Crippen LogP contribution in [0.4, 0.5) is 10.1 Å². The number of rotatable bonds is 4. The molecule has 7 heteroatoms. The van der Waals surface area contributed by atoms with Gasteiger partial charge >= 0.3 is 0 Å². The summed E-state index contributed by atoms with van der Waals surface area (Å²) in [5.41, 5.74) is 0.337. The average molecular weight is 340 g/mol. The second-order valence-corrected chi connectivity index (χ2v) is 5.11. The van der Waals surface area contributed by atoms with Gasteiger partial charge in [-0.2, -0.15) is 0 Å². The largest absolute Gasteiger partial charge is 0.289 e. The van der Waals surface area contributed by atoms with Gasteiger partial charge in [0.05, 0.1) is 15.0 Å². The smallest absolute Gasteiger partial charge is 0.270 e. The van der Waals surface area contributed by atoms with Crippen molar-refractivity contribution in [1.29, 1.82) is 0 Å². The van der Waals surface area contributed by atoms with Crippen LogP contribution in [-0.4, -0.2) is 10.7 Å². The van der Waals surface area contributed by atoms with Crippen molar-refractivity contribution >= 4 is 40.7 Å². The first-order valence-electron chi connectivity index (χ1n) is 6.00. The molecule has 112 valence electrons. The lowest BCUT2D eigenvalue weighted by Gasteiger charge is -2.02. The van der Waals surface area contributed by atoms with E-state index in [0.29, 0.717) is 5.56 Å². The van der Waals surface area contributed by atoms with Crippen molar-refractivity contribution in [1.82, 2.24) is 0 Å². The molecule has 0 N–H and O–H groups in total. The Balaban J connectivity index is 2.27. The van der Waals surface area contributed by atoms with E-state index < -0.39 is 16.5 Å². The normalized spacial score (nSPS) is 10.9. The summed E-state index contributed by atoms with van der Waals surface area (Å²) < 4.78 is 13.4. The first kappa shape index (κ1) is 16.1. The molecule has 2 aromatic rings. The lowest BCUT2D eigenvalue weighted by atomic mass is 10.1. The Morgan fingerprint density at radius 3 is 2.59 bits per heavy atom. The summed E-state index contributed by atoms with van der Waals surface area (Å²) in [5, 5.41) is 10.5. The molecule has 0 aliphatic heterocycles. The highest BCUT2D eigenvalue weighted by Gasteiger charge is 2.12. The topological polar surface area (TPSA) is 60.2 Å². The number of non-ortho nitro benzene ring substituents is 1. The monoisotopic (exact) mass is 339 g/mol. The molecule has 0 heterocycles. The maximum absolute atomic E-state index is 13.4. The van der Waals surface area contributed by atoms with Crippen LogP contribution in [0.3, 0.4) is 0 Å². The third-order valence-electron chi connectivity index (χ3n) is 2.78. The maximum atomic E-state index is 13.4. The Hall–Kier alpha value is -2.24. The summed E-state index contributed by atoms with van der Waals surface area (Å²) in [6, 6.07) is 7.84. The summed E-state index contributed by atoms with van der Waals surface area (Å²) in [5.74, 6) is -1.29. The number of hydrogen-bond acceptors (Lipinski definition) is 3. The van der Waals surface area contributed by atoms with Crippen LogP contribution in [0.25, 0.3) is 6.08 Å². The minimum absolute atomic E-state index is 0.0279. The van der Waals surface area contributed by atoms with Gasteiger partial charge in [-0.05, 0) is 23.8 Å². The number of benzene rings is 2. The second-order valence-electron chi connectivity index (χ2n) is 4.30. The Morgan fingerprint density at radius 2 is 1.91 bits per heavy atom. The molecule has 0 saturated heterocycles. The van der Waals surface area contributed by atoms with Crippen molar-refractivity contribution in [2.75, 3.05) is 0 Å². The van der Waals surface area contributed by atoms with Gasteiger partial charge in [0.1, 0.15) is 5.82 Å². The number of allylic oxidation sites excluding steroid dienone is 1. The summed E-state index contributed by atoms with van der Waals surface area (Å²) in [7, 11) is 0. The molecule has 0 spiro atoms. The highest BCUT2D eigenvalue weighted by atomic mass is 35.5. The maximum Gasteiger partial charge on any atom is 0.270 e. The summed E-state index contributed by atoms with van der Waals surface area (Å²) in [6.45, 7) is 0. The summed E-state index contributed by atoms with van der Waals surface area (Å²) >= 11 is 11.4. The molecule has 2 aromatic carbocycles. The van der Waals surface area contributed by atoms with Crippen LogP contribution in [0.1, 0.15) is 15.9 Å². The minimum Gasteiger partial charge on any atom is -0.289 e. The van der Waals surface area contributed by atoms with Gasteiger partial charge in [-0.1, -0.05) is 41.4 Å². The highest BCUT2D eigenvalue weighted by Crippen LogP contribution is 2.25. The molecule has 0 unspecified atom stereocenters. The van der Waals surface area contributed by atoms with Crippen molar-refractivity contribution < 1.29 is 14.1 Å². The van der Waals surface area contributed by atoms with Crippen LogP contribution < -0.4 is 0 Å². The molecule has 2 rings (SSSR count). The number of halogens is 3. The molecule has 0 aromatic heterocycles. The van der Waals surface area contributed by atoms with Gasteiger partial charge in [-0.25, -0.2) is 4.39 Å². The quantitative estimate of drug-likeness (QED) is 0.260. The third-order valence-corrected chi connectivity index (χ3v) is 3.39. The molecule has 22 heavy (non-hydrogen) atoms. The zero-order valence-electron chi connectivity index (χ0n) is 10.9. The number of carbonyl (C=O) groups excluding carboxylic acids is 1. The second kappa shape index (κ2) is 6.68. The van der Waals surface area contributed by atoms with Crippen LogP contribution >= 0.6 is 23.2 Å². The van der Waals surface area contributed by atoms with E-state index in [1.807, 2.05) is 0 Å². The SMILES string of the molecule is O=C(C=Cc1cccc([N+](=O)[O-])c1)c1cc(F)c(Cl)cc1Cl. The Labute approximate surface area is 134 Å². The van der Waals surface area contributed by atoms with Crippen molar-refractivity contribution in [2.24, 2.45) is 0 Å². The van der Waals surface area contributed by atoms with E-state index in [1.165, 1.54) is 24.3 Å². The highest BCUT2D eigenvalue weighted by molar-refractivity contribution is 6.37. The Bertz CT molecular complexity index is 790. The molecular weight excluding hydrogens is 332 g/mol. The Kier molecular flexibility index (Phi) is 4.90. The molecule has 0 aliphatic carbocycles. The van der Waals surface area contributed by atoms with Gasteiger partial charge in [0.25, 0.3) is 5.69 Å². The number of nitrogens with zero attached hydrogens (tertiary/aromatic N) is 1. The fourth-order valence-corrected chi connectivity index (χ4v) is 2.19. The van der Waals surface area contributed by atoms with E-state index in [0.717, 1.165) is 18.2 Å². The standard InChI is InChI=1S/C15H8Cl2FNO3/c16-12-8-13(17)14(18)7-11(12)15(20)5-4-9-2-1-3-10(6-9)19(21)22/h1-8H. The predicted octanol–water partition coefficient (Wildman–Crippen LogP) is 4.94. The molecule has 0 atom stereocenters. The molecule has 0 saturated carbocycles. The predicted molar refractivity (Wildman–Crippen MR) is 82.9 cm³/mol. The van der Waals surface area contributed by atoms with Gasteiger partial charge in [-0.3, -0.25) is 14.9 Å². The van der Waals surface area contributed by atoms with E-state index in [-0.39, 0.29) is 21.3 Å². The van der Waals surface area contributed by atoms with Crippen molar-refractivity contribution in [3.05, 3.63) is 79.6 Å². The van der Waals surface area contributed by atoms with E-state index in [2.05, 4.69) is 0 Å². The van der Waals surface area contributed by atoms with Crippen LogP contribution in [0.2, 0.25) is 10.0 Å². The van der Waals surface area contributed by atoms with Crippen LogP contribution in [-0.2, 0) is 0 Å². The fourth-order valence-electron chi connectivity index (χ4n) is 1.72. The van der Waals surface area contributed by atoms with E-state index in [1.54, 1.807) is 6.07 Å². The van der Waals surface area contributed by atoms with Gasteiger partial charge in [0.15, 0.2) is 5.78 Å². The van der Waals surface area contributed by atoms with Gasteiger partial charge in [0.2, 0.25) is 0 Å². The van der Waals surface area contributed by atoms with Gasteiger partial charge < -0.3 is 0 Å². The summed E-state index contributed by atoms with van der Waals surface area (Å²) in [4.78, 5) is 22.1. The zero-order chi connectivity index (χ0) is 16.3. The van der Waals surface area contributed by atoms with E-state index in [4.69, 9.17) is 23.2 Å². The molecule has 0 amide bonds. The molecule has 0 aliphatic rings. The number of hydrogen-bond donors (Lipinski definition) is 0. The van der Waals surface area contributed by atoms with Crippen molar-refractivity contribution in [2.45, 2.75) is 0 Å². The average Bonchev–Trinajstić information content (AvgIpc) is 2.48. The van der Waals surface area contributed by atoms with E-state index >= 15 is 0 Å². The fraction of sp³-hybridized carbons (Fsp3) is 0. The van der Waals surface area contributed by atoms with Crippen LogP contribution in [0, 0.1) is 15.9 Å². The summed E-state index contributed by atoms with van der Waals surface area (Å²) in [6.07, 6.45) is 2.55. The molecule has 0 bridgehead atoms. The molecule has 4 nitrogen and oxygen atoms in total. The molecule has 0 fully saturated rings. The lowest BCUT2D eigenvalue weighted by molar-refractivity contribution is -0.384. The number of carbonyl (C=O) groups is 1. The molecular formula is C15H8Cl2FNO3. The van der Waals surface area contributed by atoms with E-state index in [9.17, 15) is 19.3 Å². The third kappa shape index (κ3) is 3.69. The lowest BCUT2D eigenvalue weighted by Crippen LogP contribution is -1.97. The van der Waals surface area contributed by atoms with Gasteiger partial charge in [0, 0.05) is 17.7 Å². The van der Waals surface area contributed by atoms with Gasteiger partial charge in [-0.15, -0.1) is 0 Å². The minimum atomic E-state index is -0.752. The number of nitro benzene ring substituents is 1. The Morgan fingerprint density at radius 1 is 1.18 bits per heavy atom. The van der Waals surface area contributed by atoms with Crippen LogP contribution in [0.5, 0.6) is 0 Å². The first-order chi connectivity index (χ1) is 10.4. The number of nitro groups is 1. The van der Waals surface area contributed by atoms with Crippen molar-refractivity contribution in [3.63, 3.8) is 0 Å². The molecule has 0 radical (unpaired) electrons. The zero-order valence-corrected chi connectivity index (χ0v) is 12.4. The number of ketones is 1. The first-order valence-corrected chi connectivity index (χ1v) is 6.75. The van der Waals surface area contributed by atoms with Crippen LogP contribution in [0.15, 0.2) is 42.5 Å².